The minimum Gasteiger partial charge on any atom is -0.275 e. The first-order valence-electron chi connectivity index (χ1n) is 9.66. The second-order valence-electron chi connectivity index (χ2n) is 7.39. The molecule has 34 heavy (non-hydrogen) atoms. The molecule has 1 amide bonds. The maximum absolute atomic E-state index is 13.3. The van der Waals surface area contributed by atoms with Crippen molar-refractivity contribution in [3.05, 3.63) is 100 Å². The fraction of sp³-hybridized carbons (Fsp3) is 0.0909. The highest BCUT2D eigenvalue weighted by Gasteiger charge is 2.45. The van der Waals surface area contributed by atoms with Gasteiger partial charge in [-0.2, -0.15) is 31.6 Å². The molecule has 1 aromatic heterocycles. The molecule has 2 bridgehead atoms. The zero-order chi connectivity index (χ0) is 24.3. The van der Waals surface area contributed by atoms with Crippen LogP contribution in [0.5, 0.6) is 0 Å². The maximum Gasteiger partial charge on any atom is 0.416 e. The third kappa shape index (κ3) is 3.47. The number of hydrogen-bond donors (Lipinski definition) is 1. The zero-order valence-corrected chi connectivity index (χ0v) is 16.7. The Morgan fingerprint density at radius 1 is 0.882 bits per heavy atom. The number of allylic oxidation sites excluding steroid dienone is 4. The van der Waals surface area contributed by atoms with E-state index in [4.69, 9.17) is 0 Å². The molecule has 0 aliphatic carbocycles. The van der Waals surface area contributed by atoms with Crippen LogP contribution in [-0.4, -0.2) is 31.4 Å². The smallest absolute Gasteiger partial charge is 0.275 e. The molecule has 6 nitrogen and oxygen atoms in total. The van der Waals surface area contributed by atoms with Gasteiger partial charge in [0, 0.05) is 11.1 Å². The van der Waals surface area contributed by atoms with Crippen molar-refractivity contribution in [1.82, 2.24) is 25.5 Å². The minimum atomic E-state index is -5.08. The van der Waals surface area contributed by atoms with Crippen LogP contribution in [0.25, 0.3) is 11.1 Å². The van der Waals surface area contributed by atoms with Crippen molar-refractivity contribution in [2.45, 2.75) is 12.4 Å². The van der Waals surface area contributed by atoms with E-state index >= 15 is 0 Å². The average molecular weight is 475 g/mol. The van der Waals surface area contributed by atoms with Gasteiger partial charge >= 0.3 is 12.4 Å². The molecule has 2 aliphatic heterocycles. The highest BCUT2D eigenvalue weighted by atomic mass is 19.4. The number of carbonyl (C=O) groups excluding carboxylic acids is 1. The fourth-order valence-corrected chi connectivity index (χ4v) is 3.82. The number of fused-ring (bicyclic) bond motifs is 2. The number of alkyl halides is 6. The first-order chi connectivity index (χ1) is 16.1. The third-order valence-corrected chi connectivity index (χ3v) is 5.31. The third-order valence-electron chi connectivity index (χ3n) is 5.31. The van der Waals surface area contributed by atoms with Crippen molar-refractivity contribution in [1.29, 1.82) is 0 Å². The van der Waals surface area contributed by atoms with Crippen molar-refractivity contribution in [2.75, 3.05) is 0 Å². The molecule has 0 spiro atoms. The fourth-order valence-electron chi connectivity index (χ4n) is 3.82. The van der Waals surface area contributed by atoms with Crippen LogP contribution in [0.2, 0.25) is 0 Å². The summed E-state index contributed by atoms with van der Waals surface area (Å²) in [5.74, 6) is -0.918. The number of aromatic amines is 1. The number of aromatic nitrogens is 4. The van der Waals surface area contributed by atoms with Gasteiger partial charge in [-0.15, -0.1) is 10.2 Å². The summed E-state index contributed by atoms with van der Waals surface area (Å²) in [7, 11) is 0. The van der Waals surface area contributed by atoms with E-state index in [1.54, 1.807) is 36.4 Å². The largest absolute Gasteiger partial charge is 0.416 e. The van der Waals surface area contributed by atoms with Gasteiger partial charge in [-0.3, -0.25) is 9.69 Å². The van der Waals surface area contributed by atoms with Crippen LogP contribution in [0.4, 0.5) is 26.3 Å². The predicted octanol–water partition coefficient (Wildman–Crippen LogP) is 5.09. The van der Waals surface area contributed by atoms with Crippen LogP contribution in [0, 0.1) is 0 Å². The normalized spacial score (nSPS) is 15.6. The van der Waals surface area contributed by atoms with E-state index in [1.165, 1.54) is 6.08 Å². The molecule has 2 aromatic carbocycles. The van der Waals surface area contributed by atoms with Gasteiger partial charge in [0.25, 0.3) is 5.91 Å². The molecule has 1 N–H and O–H groups in total. The van der Waals surface area contributed by atoms with Crippen molar-refractivity contribution in [3.8, 4) is 0 Å². The standard InChI is InChI=1S/C22H11F6N5O/c23-21(24,25)13-8-12(9-14(10-13)22(26,27)28)20(34)33-16-7-6-15(11-4-2-1-3-5-11)18(33)17(16)19-29-31-32-30-19/h1-10H,(H,29,30,31,32). The van der Waals surface area contributed by atoms with Crippen molar-refractivity contribution in [2.24, 2.45) is 0 Å². The van der Waals surface area contributed by atoms with Crippen LogP contribution in [0.15, 0.2) is 72.1 Å². The number of H-pyrrole nitrogens is 1. The molecular formula is C22H11F6N5O. The Balaban J connectivity index is 1.64. The monoisotopic (exact) mass is 475 g/mol. The van der Waals surface area contributed by atoms with Gasteiger partial charge in [-0.1, -0.05) is 36.4 Å². The van der Waals surface area contributed by atoms with Crippen molar-refractivity contribution < 1.29 is 31.1 Å². The second kappa shape index (κ2) is 7.40. The topological polar surface area (TPSA) is 74.8 Å². The Morgan fingerprint density at radius 3 is 2.09 bits per heavy atom. The maximum atomic E-state index is 13.3. The molecule has 0 unspecified atom stereocenters. The Hall–Kier alpha value is -4.22. The molecule has 2 aliphatic rings. The first kappa shape index (κ1) is 21.6. The van der Waals surface area contributed by atoms with Gasteiger partial charge < -0.3 is 0 Å². The number of nitrogens with one attached hydrogen (secondary N) is 1. The predicted molar refractivity (Wildman–Crippen MR) is 106 cm³/mol. The van der Waals surface area contributed by atoms with Gasteiger partial charge in [-0.25, -0.2) is 0 Å². The number of tetrazole rings is 1. The summed E-state index contributed by atoms with van der Waals surface area (Å²) in [6.45, 7) is 0. The van der Waals surface area contributed by atoms with Crippen LogP contribution in [0.1, 0.15) is 32.9 Å². The number of hydrogen-bond acceptors (Lipinski definition) is 4. The molecule has 0 radical (unpaired) electrons. The molecule has 0 saturated heterocycles. The van der Waals surface area contributed by atoms with E-state index in [2.05, 4.69) is 20.6 Å². The summed E-state index contributed by atoms with van der Waals surface area (Å²) in [6, 6.07) is 9.56. The van der Waals surface area contributed by atoms with Gasteiger partial charge in [-0.05, 0) is 35.1 Å². The number of rotatable bonds is 3. The molecule has 172 valence electrons. The van der Waals surface area contributed by atoms with Crippen LogP contribution >= 0.6 is 0 Å². The molecule has 3 aromatic rings. The van der Waals surface area contributed by atoms with Crippen LogP contribution in [0.3, 0.4) is 0 Å². The summed E-state index contributed by atoms with van der Waals surface area (Å²) in [6.07, 6.45) is -6.94. The molecule has 5 rings (SSSR count). The van der Waals surface area contributed by atoms with E-state index in [0.717, 1.165) is 4.90 Å². The summed E-state index contributed by atoms with van der Waals surface area (Å²) in [5.41, 5.74) is -1.84. The van der Waals surface area contributed by atoms with Crippen LogP contribution in [-0.2, 0) is 12.4 Å². The van der Waals surface area contributed by atoms with Crippen molar-refractivity contribution >= 4 is 17.1 Å². The molecule has 3 heterocycles. The lowest BCUT2D eigenvalue weighted by Gasteiger charge is -2.42. The van der Waals surface area contributed by atoms with Gasteiger partial charge in [0.1, 0.15) is 0 Å². The lowest BCUT2D eigenvalue weighted by atomic mass is 9.84. The van der Waals surface area contributed by atoms with E-state index in [1.807, 2.05) is 0 Å². The summed E-state index contributed by atoms with van der Waals surface area (Å²) >= 11 is 0. The van der Waals surface area contributed by atoms with Crippen molar-refractivity contribution in [3.63, 3.8) is 0 Å². The molecule has 0 fully saturated rings. The van der Waals surface area contributed by atoms with Crippen LogP contribution < -0.4 is 0 Å². The first-order valence-corrected chi connectivity index (χ1v) is 9.66. The Kier molecular flexibility index (Phi) is 4.71. The van der Waals surface area contributed by atoms with Gasteiger partial charge in [0.2, 0.25) is 5.82 Å². The zero-order valence-electron chi connectivity index (χ0n) is 16.7. The summed E-state index contributed by atoms with van der Waals surface area (Å²) < 4.78 is 79.9. The highest BCUT2D eigenvalue weighted by Crippen LogP contribution is 2.50. The SMILES string of the molecule is O=C(c1cc(C(F)(F)F)cc(C(F)(F)F)c1)N1c2ccc(-c3ccccc3)c1c2-c1nn[nH]n1. The van der Waals surface area contributed by atoms with Gasteiger partial charge in [0.15, 0.2) is 0 Å². The molecule has 0 atom stereocenters. The molecular weight excluding hydrogens is 464 g/mol. The lowest BCUT2D eigenvalue weighted by molar-refractivity contribution is -0.143. The quantitative estimate of drug-likeness (QED) is 0.536. The molecule has 0 saturated carbocycles. The highest BCUT2D eigenvalue weighted by molar-refractivity contribution is 6.12. The average Bonchev–Trinajstić information content (AvgIpc) is 3.32. The lowest BCUT2D eigenvalue weighted by Crippen LogP contribution is -2.41. The minimum absolute atomic E-state index is 0.0215. The number of carbonyl (C=O) groups is 1. The number of benzene rings is 2. The number of halogens is 6. The van der Waals surface area contributed by atoms with E-state index in [9.17, 15) is 31.1 Å². The van der Waals surface area contributed by atoms with Gasteiger partial charge in [0.05, 0.1) is 28.1 Å². The number of amides is 1. The number of nitrogens with zero attached hydrogens (tertiary/aromatic N) is 4. The Bertz CT molecular complexity index is 1350. The summed E-state index contributed by atoms with van der Waals surface area (Å²) in [4.78, 5) is 14.4. The Morgan fingerprint density at radius 2 is 1.53 bits per heavy atom. The van der Waals surface area contributed by atoms with E-state index < -0.39 is 35.0 Å². The van der Waals surface area contributed by atoms with E-state index in [0.29, 0.717) is 28.8 Å². The van der Waals surface area contributed by atoms with E-state index in [-0.39, 0.29) is 23.3 Å². The Labute approximate surface area is 186 Å². The summed E-state index contributed by atoms with van der Waals surface area (Å²) in [5, 5.41) is 13.6. The second-order valence-corrected chi connectivity index (χ2v) is 7.39. The molecule has 12 heteroatoms.